The van der Waals surface area contributed by atoms with Crippen LogP contribution in [0.5, 0.6) is 0 Å². The van der Waals surface area contributed by atoms with Crippen molar-refractivity contribution >= 4 is 15.8 Å². The third-order valence-electron chi connectivity index (χ3n) is 1.14. The predicted octanol–water partition coefficient (Wildman–Crippen LogP) is -0.357. The highest BCUT2D eigenvalue weighted by atomic mass is 32.2. The van der Waals surface area contributed by atoms with Crippen molar-refractivity contribution in [2.24, 2.45) is 5.14 Å². The molecule has 10 heavy (non-hydrogen) atoms. The highest BCUT2D eigenvalue weighted by molar-refractivity contribution is 7.89. The summed E-state index contributed by atoms with van der Waals surface area (Å²) < 4.78 is 21.0. The molecule has 0 saturated heterocycles. The molecule has 0 aromatic heterocycles. The third kappa shape index (κ3) is 3.58. The van der Waals surface area contributed by atoms with Crippen LogP contribution in [0.1, 0.15) is 20.3 Å². The molecule has 0 amide bonds. The Hall–Kier alpha value is -0.420. The normalized spacial score (nSPS) is 14.7. The Kier molecular flexibility index (Phi) is 2.98. The summed E-state index contributed by atoms with van der Waals surface area (Å²) in [5.74, 6) is -0.165. The van der Waals surface area contributed by atoms with Gasteiger partial charge < -0.3 is 0 Å². The zero-order valence-electron chi connectivity index (χ0n) is 5.99. The SMILES string of the molecule is CC(=O)CC(C)S(N)(=O)=O. The summed E-state index contributed by atoms with van der Waals surface area (Å²) in [6, 6.07) is 0. The molecule has 0 rings (SSSR count). The Morgan fingerprint density at radius 1 is 1.60 bits per heavy atom. The fourth-order valence-electron chi connectivity index (χ4n) is 0.521. The van der Waals surface area contributed by atoms with Crippen molar-refractivity contribution in [3.63, 3.8) is 0 Å². The van der Waals surface area contributed by atoms with Gasteiger partial charge in [-0.25, -0.2) is 13.6 Å². The maximum absolute atomic E-state index is 10.5. The molecular weight excluding hydrogens is 154 g/mol. The molecule has 60 valence electrons. The molecule has 0 aromatic rings. The van der Waals surface area contributed by atoms with E-state index in [4.69, 9.17) is 5.14 Å². The summed E-state index contributed by atoms with van der Waals surface area (Å²) in [4.78, 5) is 10.4. The van der Waals surface area contributed by atoms with Crippen LogP contribution in [0, 0.1) is 0 Å². The highest BCUT2D eigenvalue weighted by Gasteiger charge is 2.16. The molecule has 0 spiro atoms. The van der Waals surface area contributed by atoms with Crippen molar-refractivity contribution in [1.29, 1.82) is 0 Å². The summed E-state index contributed by atoms with van der Waals surface area (Å²) in [5, 5.41) is 3.99. The largest absolute Gasteiger partial charge is 0.300 e. The first kappa shape index (κ1) is 9.58. The number of rotatable bonds is 3. The van der Waals surface area contributed by atoms with Crippen LogP contribution in [0.4, 0.5) is 0 Å². The maximum Gasteiger partial charge on any atom is 0.212 e. The number of hydrogen-bond donors (Lipinski definition) is 1. The quantitative estimate of drug-likeness (QED) is 0.620. The average Bonchev–Trinajstić information content (AvgIpc) is 1.60. The van der Waals surface area contributed by atoms with Crippen molar-refractivity contribution in [2.75, 3.05) is 0 Å². The van der Waals surface area contributed by atoms with Crippen LogP contribution in [-0.4, -0.2) is 19.5 Å². The zero-order chi connectivity index (χ0) is 8.36. The Balaban J connectivity index is 4.12. The van der Waals surface area contributed by atoms with E-state index in [-0.39, 0.29) is 12.2 Å². The number of sulfonamides is 1. The van der Waals surface area contributed by atoms with Gasteiger partial charge in [-0.2, -0.15) is 0 Å². The summed E-state index contributed by atoms with van der Waals surface area (Å²) in [6.07, 6.45) is -0.00116. The van der Waals surface area contributed by atoms with Crippen LogP contribution in [0.25, 0.3) is 0 Å². The molecule has 0 heterocycles. The van der Waals surface area contributed by atoms with E-state index in [1.54, 1.807) is 0 Å². The fraction of sp³-hybridized carbons (Fsp3) is 0.800. The highest BCUT2D eigenvalue weighted by Crippen LogP contribution is 2.00. The second-order valence-electron chi connectivity index (χ2n) is 2.31. The molecular formula is C5H11NO3S. The lowest BCUT2D eigenvalue weighted by molar-refractivity contribution is -0.116. The minimum Gasteiger partial charge on any atom is -0.300 e. The Labute approximate surface area is 60.5 Å². The summed E-state index contributed by atoms with van der Waals surface area (Å²) in [5.41, 5.74) is 0. The maximum atomic E-state index is 10.5. The molecule has 0 aliphatic carbocycles. The van der Waals surface area contributed by atoms with Crippen molar-refractivity contribution in [2.45, 2.75) is 25.5 Å². The number of carbonyl (C=O) groups excluding carboxylic acids is 1. The molecule has 1 unspecified atom stereocenters. The number of carbonyl (C=O) groups is 1. The van der Waals surface area contributed by atoms with E-state index in [1.807, 2.05) is 0 Å². The molecule has 0 saturated carbocycles. The van der Waals surface area contributed by atoms with Gasteiger partial charge in [-0.1, -0.05) is 0 Å². The lowest BCUT2D eigenvalue weighted by Gasteiger charge is -2.04. The molecule has 0 aliphatic heterocycles. The van der Waals surface area contributed by atoms with Gasteiger partial charge in [-0.3, -0.25) is 4.79 Å². The Bertz CT molecular complexity index is 219. The molecule has 0 aromatic carbocycles. The third-order valence-corrected chi connectivity index (χ3v) is 2.42. The van der Waals surface area contributed by atoms with Gasteiger partial charge in [-0.05, 0) is 13.8 Å². The molecule has 5 heteroatoms. The van der Waals surface area contributed by atoms with Gasteiger partial charge in [0.25, 0.3) is 0 Å². The van der Waals surface area contributed by atoms with E-state index < -0.39 is 15.3 Å². The fourth-order valence-corrected chi connectivity index (χ4v) is 0.988. The van der Waals surface area contributed by atoms with Crippen molar-refractivity contribution in [3.8, 4) is 0 Å². The number of nitrogens with two attached hydrogens (primary N) is 1. The van der Waals surface area contributed by atoms with Crippen molar-refractivity contribution in [1.82, 2.24) is 0 Å². The number of primary sulfonamides is 1. The van der Waals surface area contributed by atoms with Crippen LogP contribution >= 0.6 is 0 Å². The van der Waals surface area contributed by atoms with E-state index in [1.165, 1.54) is 13.8 Å². The molecule has 4 nitrogen and oxygen atoms in total. The molecule has 0 aliphatic rings. The summed E-state index contributed by atoms with van der Waals surface area (Å²) in [6.45, 7) is 2.75. The molecule has 2 N–H and O–H groups in total. The smallest absolute Gasteiger partial charge is 0.212 e. The van der Waals surface area contributed by atoms with Crippen LogP contribution in [0.15, 0.2) is 0 Å². The van der Waals surface area contributed by atoms with E-state index in [0.717, 1.165) is 0 Å². The minimum atomic E-state index is -3.52. The van der Waals surface area contributed by atoms with E-state index in [2.05, 4.69) is 0 Å². The predicted molar refractivity (Wildman–Crippen MR) is 37.9 cm³/mol. The standard InChI is InChI=1S/C5H11NO3S/c1-4(7)3-5(2)10(6,8)9/h5H,3H2,1-2H3,(H2,6,8,9). The van der Waals surface area contributed by atoms with Gasteiger partial charge in [0.2, 0.25) is 10.0 Å². The van der Waals surface area contributed by atoms with Gasteiger partial charge in [0, 0.05) is 6.42 Å². The summed E-state index contributed by atoms with van der Waals surface area (Å²) >= 11 is 0. The molecule has 0 radical (unpaired) electrons. The number of Topliss-reactive ketones (excluding diaryl/α,β-unsaturated/α-hetero) is 1. The second-order valence-corrected chi connectivity index (χ2v) is 4.29. The first-order valence-electron chi connectivity index (χ1n) is 2.85. The van der Waals surface area contributed by atoms with Crippen molar-refractivity contribution < 1.29 is 13.2 Å². The molecule has 0 bridgehead atoms. The Morgan fingerprint density at radius 3 is 2.10 bits per heavy atom. The zero-order valence-corrected chi connectivity index (χ0v) is 6.81. The molecule has 1 atom stereocenters. The van der Waals surface area contributed by atoms with Crippen molar-refractivity contribution in [3.05, 3.63) is 0 Å². The van der Waals surface area contributed by atoms with Gasteiger partial charge in [0.1, 0.15) is 5.78 Å². The summed E-state index contributed by atoms with van der Waals surface area (Å²) in [7, 11) is -3.52. The minimum absolute atomic E-state index is 0.00116. The molecule has 0 fully saturated rings. The lowest BCUT2D eigenvalue weighted by atomic mass is 10.2. The Morgan fingerprint density at radius 2 is 2.00 bits per heavy atom. The van der Waals surface area contributed by atoms with Gasteiger partial charge >= 0.3 is 0 Å². The first-order valence-corrected chi connectivity index (χ1v) is 4.46. The van der Waals surface area contributed by atoms with Crippen LogP contribution in [0.2, 0.25) is 0 Å². The second kappa shape index (κ2) is 3.12. The van der Waals surface area contributed by atoms with E-state index >= 15 is 0 Å². The first-order chi connectivity index (χ1) is 4.34. The van der Waals surface area contributed by atoms with Crippen LogP contribution in [-0.2, 0) is 14.8 Å². The van der Waals surface area contributed by atoms with Crippen LogP contribution in [0.3, 0.4) is 0 Å². The monoisotopic (exact) mass is 165 g/mol. The van der Waals surface area contributed by atoms with Gasteiger partial charge in [0.15, 0.2) is 0 Å². The van der Waals surface area contributed by atoms with Gasteiger partial charge in [-0.15, -0.1) is 0 Å². The number of hydrogen-bond acceptors (Lipinski definition) is 3. The van der Waals surface area contributed by atoms with Gasteiger partial charge in [0.05, 0.1) is 5.25 Å². The van der Waals surface area contributed by atoms with Crippen LogP contribution < -0.4 is 5.14 Å². The van der Waals surface area contributed by atoms with E-state index in [0.29, 0.717) is 0 Å². The average molecular weight is 165 g/mol. The number of ketones is 1. The van der Waals surface area contributed by atoms with E-state index in [9.17, 15) is 13.2 Å². The topological polar surface area (TPSA) is 77.2 Å². The lowest BCUT2D eigenvalue weighted by Crippen LogP contribution is -2.27.